The van der Waals surface area contributed by atoms with Crippen molar-refractivity contribution < 1.29 is 0 Å². The van der Waals surface area contributed by atoms with E-state index in [1.54, 1.807) is 5.56 Å². The third-order valence-electron chi connectivity index (χ3n) is 7.40. The van der Waals surface area contributed by atoms with Crippen molar-refractivity contribution in [2.45, 2.75) is 150 Å². The zero-order chi connectivity index (χ0) is 27.4. The zero-order valence-electron chi connectivity index (χ0n) is 26.2. The van der Waals surface area contributed by atoms with Gasteiger partial charge in [0.2, 0.25) is 0 Å². The fraction of sp³-hybridized carbons (Fsp3) is 0.657. The molecule has 196 valence electrons. The van der Waals surface area contributed by atoms with E-state index < -0.39 is 0 Å². The van der Waals surface area contributed by atoms with Crippen molar-refractivity contribution in [1.29, 1.82) is 0 Å². The van der Waals surface area contributed by atoms with Crippen LogP contribution in [0.4, 0.5) is 0 Å². The Kier molecular flexibility index (Phi) is 7.96. The number of hydrogen-bond acceptors (Lipinski definition) is 0. The second kappa shape index (κ2) is 9.39. The molecule has 2 aromatic rings. The second-order valence-electron chi connectivity index (χ2n) is 16.2. The van der Waals surface area contributed by atoms with Gasteiger partial charge in [-0.3, -0.25) is 0 Å². The van der Waals surface area contributed by atoms with Crippen molar-refractivity contribution in [1.82, 2.24) is 0 Å². The van der Waals surface area contributed by atoms with Gasteiger partial charge in [0.25, 0.3) is 0 Å². The molecule has 0 amide bonds. The van der Waals surface area contributed by atoms with Gasteiger partial charge in [-0.15, -0.1) is 0 Å². The summed E-state index contributed by atoms with van der Waals surface area (Å²) in [5, 5.41) is 0. The normalized spacial score (nSPS) is 14.9. The first-order chi connectivity index (χ1) is 15.4. The smallest absolute Gasteiger partial charge is 0.0126 e. The van der Waals surface area contributed by atoms with Gasteiger partial charge in [0.05, 0.1) is 0 Å². The molecular weight excluding hydrogens is 420 g/mol. The lowest BCUT2D eigenvalue weighted by Crippen LogP contribution is -2.26. The third-order valence-corrected chi connectivity index (χ3v) is 7.40. The lowest BCUT2D eigenvalue weighted by atomic mass is 9.69. The largest absolute Gasteiger partial charge is 0.0584 e. The lowest BCUT2D eigenvalue weighted by molar-refractivity contribution is 0.514. The first-order valence-corrected chi connectivity index (χ1v) is 13.8. The molecular formula is C35H56. The van der Waals surface area contributed by atoms with Gasteiger partial charge in [0, 0.05) is 0 Å². The zero-order valence-corrected chi connectivity index (χ0v) is 26.2. The van der Waals surface area contributed by atoms with E-state index in [1.165, 1.54) is 33.4 Å². The number of hydrogen-bond donors (Lipinski definition) is 0. The fourth-order valence-electron chi connectivity index (χ4n) is 5.36. The quantitative estimate of drug-likeness (QED) is 0.413. The maximum Gasteiger partial charge on any atom is -0.0126 e. The summed E-state index contributed by atoms with van der Waals surface area (Å²) in [6, 6.07) is 12.4. The van der Waals surface area contributed by atoms with Crippen LogP contribution in [0.5, 0.6) is 0 Å². The molecule has 0 saturated carbocycles. The van der Waals surface area contributed by atoms with Crippen LogP contribution in [0, 0.1) is 0 Å². The highest BCUT2D eigenvalue weighted by atomic mass is 14.4. The average Bonchev–Trinajstić information content (AvgIpc) is 2.63. The van der Waals surface area contributed by atoms with Crippen molar-refractivity contribution in [3.05, 3.63) is 69.3 Å². The average molecular weight is 477 g/mol. The first-order valence-electron chi connectivity index (χ1n) is 13.8. The summed E-state index contributed by atoms with van der Waals surface area (Å²) in [6.07, 6.45) is 1.07. The highest BCUT2D eigenvalue weighted by Crippen LogP contribution is 2.42. The maximum atomic E-state index is 2.53. The van der Waals surface area contributed by atoms with E-state index in [9.17, 15) is 0 Å². The summed E-state index contributed by atoms with van der Waals surface area (Å²) in [5.41, 5.74) is 11.1. The lowest BCUT2D eigenvalue weighted by Gasteiger charge is -2.36. The summed E-state index contributed by atoms with van der Waals surface area (Å²) < 4.78 is 0. The molecule has 0 aliphatic heterocycles. The van der Waals surface area contributed by atoms with E-state index in [0.717, 1.165) is 6.42 Å². The summed E-state index contributed by atoms with van der Waals surface area (Å²) in [5.74, 6) is 0.453. The minimum Gasteiger partial charge on any atom is -0.0584 e. The molecule has 0 radical (unpaired) electrons. The second-order valence-corrected chi connectivity index (χ2v) is 16.2. The third kappa shape index (κ3) is 7.02. The Bertz CT molecular complexity index is 1030. The predicted octanol–water partition coefficient (Wildman–Crippen LogP) is 10.5. The predicted molar refractivity (Wildman–Crippen MR) is 159 cm³/mol. The SMILES string of the molecule is CC(Cc1cc(C(C)(C)C)cc(C(C)(C)C)c1C(C)(C)C)c1ccc(C(C)(C)C)c(C(C)(C)C)c1. The summed E-state index contributed by atoms with van der Waals surface area (Å²) in [6.45, 7) is 37.8. The topological polar surface area (TPSA) is 0 Å². The van der Waals surface area contributed by atoms with Gasteiger partial charge in [-0.2, -0.15) is 0 Å². The van der Waals surface area contributed by atoms with Gasteiger partial charge in [-0.05, 0) is 78.4 Å². The molecule has 1 unspecified atom stereocenters. The minimum atomic E-state index is 0.0980. The highest BCUT2D eigenvalue weighted by Gasteiger charge is 2.31. The first kappa shape index (κ1) is 29.7. The van der Waals surface area contributed by atoms with Crippen LogP contribution in [-0.4, -0.2) is 0 Å². The molecule has 0 bridgehead atoms. The van der Waals surface area contributed by atoms with Crippen molar-refractivity contribution in [2.24, 2.45) is 0 Å². The van der Waals surface area contributed by atoms with Gasteiger partial charge in [0.15, 0.2) is 0 Å². The van der Waals surface area contributed by atoms with Crippen LogP contribution in [0.3, 0.4) is 0 Å². The molecule has 0 aliphatic rings. The molecule has 1 atom stereocenters. The molecule has 35 heavy (non-hydrogen) atoms. The van der Waals surface area contributed by atoms with Gasteiger partial charge in [0.1, 0.15) is 0 Å². The Hall–Kier alpha value is -1.56. The van der Waals surface area contributed by atoms with Crippen LogP contribution in [0.1, 0.15) is 156 Å². The van der Waals surface area contributed by atoms with E-state index in [-0.39, 0.29) is 27.1 Å². The molecule has 2 rings (SSSR count). The van der Waals surface area contributed by atoms with Crippen molar-refractivity contribution >= 4 is 0 Å². The molecule has 2 aromatic carbocycles. The van der Waals surface area contributed by atoms with Crippen LogP contribution in [0.2, 0.25) is 0 Å². The van der Waals surface area contributed by atoms with Gasteiger partial charge < -0.3 is 0 Å². The monoisotopic (exact) mass is 476 g/mol. The molecule has 0 heteroatoms. The van der Waals surface area contributed by atoms with Crippen molar-refractivity contribution in [3.63, 3.8) is 0 Å². The van der Waals surface area contributed by atoms with E-state index in [4.69, 9.17) is 0 Å². The molecule has 0 spiro atoms. The number of benzene rings is 2. The van der Waals surface area contributed by atoms with Gasteiger partial charge in [-0.25, -0.2) is 0 Å². The van der Waals surface area contributed by atoms with E-state index in [1.807, 2.05) is 0 Å². The Labute approximate surface area is 219 Å². The van der Waals surface area contributed by atoms with E-state index in [2.05, 4.69) is 141 Å². The van der Waals surface area contributed by atoms with E-state index in [0.29, 0.717) is 5.92 Å². The van der Waals surface area contributed by atoms with Gasteiger partial charge in [-0.1, -0.05) is 141 Å². The van der Waals surface area contributed by atoms with E-state index >= 15 is 0 Å². The van der Waals surface area contributed by atoms with Gasteiger partial charge >= 0.3 is 0 Å². The molecule has 0 aromatic heterocycles. The molecule has 0 nitrogen and oxygen atoms in total. The van der Waals surface area contributed by atoms with Crippen LogP contribution in [0.25, 0.3) is 0 Å². The van der Waals surface area contributed by atoms with Crippen LogP contribution in [0.15, 0.2) is 30.3 Å². The molecule has 0 heterocycles. The highest BCUT2D eigenvalue weighted by molar-refractivity contribution is 5.49. The fourth-order valence-corrected chi connectivity index (χ4v) is 5.36. The number of rotatable bonds is 3. The molecule has 0 aliphatic carbocycles. The minimum absolute atomic E-state index is 0.0980. The summed E-state index contributed by atoms with van der Waals surface area (Å²) in [7, 11) is 0. The van der Waals surface area contributed by atoms with Crippen LogP contribution < -0.4 is 0 Å². The van der Waals surface area contributed by atoms with Crippen molar-refractivity contribution in [3.8, 4) is 0 Å². The molecule has 0 N–H and O–H groups in total. The Morgan fingerprint density at radius 2 is 1.00 bits per heavy atom. The maximum absolute atomic E-state index is 2.53. The summed E-state index contributed by atoms with van der Waals surface area (Å²) in [4.78, 5) is 0. The van der Waals surface area contributed by atoms with Crippen LogP contribution in [-0.2, 0) is 33.5 Å². The Morgan fingerprint density at radius 1 is 0.514 bits per heavy atom. The molecule has 0 saturated heterocycles. The van der Waals surface area contributed by atoms with Crippen molar-refractivity contribution in [2.75, 3.05) is 0 Å². The Morgan fingerprint density at radius 3 is 1.40 bits per heavy atom. The molecule has 0 fully saturated rings. The summed E-state index contributed by atoms with van der Waals surface area (Å²) >= 11 is 0. The van der Waals surface area contributed by atoms with Crippen LogP contribution >= 0.6 is 0 Å². The standard InChI is InChI=1S/C35H56/c1-23(24-17-18-27(32(5,6)7)28(21-24)33(8,9)10)19-25-20-26(31(2,3)4)22-29(34(11,12)13)30(25)35(14,15)16/h17-18,20-23H,19H2,1-16H3. The Balaban J connectivity index is 2.73.